The van der Waals surface area contributed by atoms with Gasteiger partial charge in [0.1, 0.15) is 24.2 Å². The molecule has 1 amide bonds. The molecule has 4 aromatic carbocycles. The third-order valence-electron chi connectivity index (χ3n) is 17.5. The minimum Gasteiger partial charge on any atom is -0.493 e. The third-order valence-corrected chi connectivity index (χ3v) is 17.5. The number of pyridine rings is 2. The molecule has 0 N–H and O–H groups in total. The van der Waals surface area contributed by atoms with Crippen molar-refractivity contribution in [3.8, 4) is 51.6 Å². The maximum atomic E-state index is 14.3. The number of carbonyl (C=O) groups excluding carboxylic acids is 4. The van der Waals surface area contributed by atoms with E-state index in [1.807, 2.05) is 30.3 Å². The Labute approximate surface area is 471 Å². The van der Waals surface area contributed by atoms with Gasteiger partial charge in [-0.25, -0.2) is 24.2 Å². The number of amides is 1. The van der Waals surface area contributed by atoms with Gasteiger partial charge >= 0.3 is 24.0 Å². The lowest BCUT2D eigenvalue weighted by atomic mass is 9.66. The van der Waals surface area contributed by atoms with Crippen molar-refractivity contribution >= 4 is 34.9 Å². The van der Waals surface area contributed by atoms with Gasteiger partial charge in [0.15, 0.2) is 29.6 Å². The van der Waals surface area contributed by atoms with E-state index in [-0.39, 0.29) is 72.7 Å². The summed E-state index contributed by atoms with van der Waals surface area (Å²) in [5.41, 5.74) is 3.15. The molecule has 3 fully saturated rings. The Morgan fingerprint density at radius 2 is 1.49 bits per heavy atom. The van der Waals surface area contributed by atoms with Crippen molar-refractivity contribution in [2.24, 2.45) is 11.8 Å². The van der Waals surface area contributed by atoms with Gasteiger partial charge in [-0.3, -0.25) is 4.79 Å². The minimum atomic E-state index is -1.97. The number of nitrogens with zero attached hydrogens (tertiary/aromatic N) is 4. The predicted octanol–water partition coefficient (Wildman–Crippen LogP) is 8.22. The molecule has 3 saturated heterocycles. The van der Waals surface area contributed by atoms with E-state index in [9.17, 15) is 24.0 Å². The number of likely N-dealkylation sites (tertiary alicyclic amines) is 2. The molecule has 20 nitrogen and oxygen atoms in total. The van der Waals surface area contributed by atoms with Crippen LogP contribution in [0.1, 0.15) is 101 Å². The predicted molar refractivity (Wildman–Crippen MR) is 293 cm³/mol. The van der Waals surface area contributed by atoms with Crippen LogP contribution in [-0.2, 0) is 47.3 Å². The number of methoxy groups -OCH3 is 3. The van der Waals surface area contributed by atoms with Crippen LogP contribution in [0.4, 0.5) is 4.79 Å². The first-order valence-corrected chi connectivity index (χ1v) is 28.0. The van der Waals surface area contributed by atoms with Crippen LogP contribution in [0.3, 0.4) is 0 Å². The van der Waals surface area contributed by atoms with Crippen LogP contribution in [-0.4, -0.2) is 124 Å². The second kappa shape index (κ2) is 21.5. The first-order valence-electron chi connectivity index (χ1n) is 28.0. The minimum absolute atomic E-state index is 0.0473. The molecule has 6 aliphatic heterocycles. The van der Waals surface area contributed by atoms with Crippen molar-refractivity contribution in [1.82, 2.24) is 19.4 Å². The fourth-order valence-electron chi connectivity index (χ4n) is 13.3. The molecule has 0 bridgehead atoms. The Morgan fingerprint density at radius 1 is 0.768 bits per heavy atom. The number of hydrogen-bond donors (Lipinski definition) is 0. The highest BCUT2D eigenvalue weighted by atomic mass is 16.7. The van der Waals surface area contributed by atoms with E-state index in [1.165, 1.54) is 43.5 Å². The van der Waals surface area contributed by atoms with Crippen molar-refractivity contribution in [2.75, 3.05) is 74.1 Å². The Bertz CT molecular complexity index is 3580. The van der Waals surface area contributed by atoms with Crippen LogP contribution in [0.15, 0.2) is 83.7 Å². The maximum Gasteiger partial charge on any atom is 0.415 e. The fraction of sp³-hybridized carbons (Fsp3) is 0.419. The summed E-state index contributed by atoms with van der Waals surface area (Å²) >= 11 is 0. The molecule has 1 aliphatic carbocycles. The summed E-state index contributed by atoms with van der Waals surface area (Å²) in [7, 11) is 4.70. The van der Waals surface area contributed by atoms with E-state index in [1.54, 1.807) is 62.0 Å². The Balaban J connectivity index is 0.686. The van der Waals surface area contributed by atoms with Gasteiger partial charge < -0.3 is 66.5 Å². The SMILES string of the molecule is CC[C@@]1(OC(=O)COc2ccc(C(=O)O[C@H]3c4cc5c(cc4[C@@H](c4cc(OC)c(OC)c(OC)c4)[C@H]4COC[C@@H]43)OCO5)cc2)C(=O)OCc2c1cc1n(c2=O)Cc2cc3cc(OC(=O)N4CCC(N5CCCCC5)CC4)ccc3nc2-1. The lowest BCUT2D eigenvalue weighted by molar-refractivity contribution is -0.190. The molecule has 426 valence electrons. The molecular weight excluding hydrogens is 1060 g/mol. The zero-order chi connectivity index (χ0) is 56.4. The highest BCUT2D eigenvalue weighted by molar-refractivity contribution is 5.91. The van der Waals surface area contributed by atoms with Gasteiger partial charge in [0.05, 0.1) is 69.1 Å². The summed E-state index contributed by atoms with van der Waals surface area (Å²) in [4.78, 5) is 78.7. The van der Waals surface area contributed by atoms with Gasteiger partial charge in [-0.15, -0.1) is 0 Å². The quantitative estimate of drug-likeness (QED) is 0.0786. The molecule has 0 spiro atoms. The molecular formula is C62H62N4O16. The van der Waals surface area contributed by atoms with E-state index in [0.717, 1.165) is 53.6 Å². The zero-order valence-corrected chi connectivity index (χ0v) is 46.0. The normalized spacial score (nSPS) is 22.4. The number of cyclic esters (lactones) is 1. The second-order valence-corrected chi connectivity index (χ2v) is 21.9. The van der Waals surface area contributed by atoms with E-state index >= 15 is 0 Å². The number of fused-ring (bicyclic) bond motifs is 8. The lowest BCUT2D eigenvalue weighted by Crippen LogP contribution is -2.48. The summed E-state index contributed by atoms with van der Waals surface area (Å²) in [5, 5.41) is 0.727. The highest BCUT2D eigenvalue weighted by Gasteiger charge is 2.52. The van der Waals surface area contributed by atoms with Crippen LogP contribution in [0.25, 0.3) is 22.3 Å². The van der Waals surface area contributed by atoms with Crippen molar-refractivity contribution in [1.29, 1.82) is 0 Å². The van der Waals surface area contributed by atoms with Gasteiger partial charge in [-0.2, -0.15) is 0 Å². The number of carbonyl (C=O) groups is 4. The van der Waals surface area contributed by atoms with Crippen LogP contribution in [0.2, 0.25) is 0 Å². The van der Waals surface area contributed by atoms with E-state index in [4.69, 9.17) is 57.1 Å². The molecule has 20 heteroatoms. The Hall–Kier alpha value is -8.36. The number of piperidine rings is 2. The zero-order valence-electron chi connectivity index (χ0n) is 46.0. The molecule has 82 heavy (non-hydrogen) atoms. The number of ether oxygens (including phenoxy) is 11. The average Bonchev–Trinajstić information content (AvgIpc) is 4.42. The first-order chi connectivity index (χ1) is 39.9. The largest absolute Gasteiger partial charge is 0.493 e. The van der Waals surface area contributed by atoms with E-state index in [0.29, 0.717) is 83.7 Å². The standard InChI is InChI=1S/C62H62N4O16/c1-5-62(46-27-48-55-37(28-66(48)58(68)45(46)31-77-60(62)70)21-35-22-40(13-14-47(35)63-55)80-61(71)65-19-15-38(16-20-65)64-17-7-6-8-18-64)82-53(67)32-76-39-11-9-34(10-12-39)59(69)81-56-42-26-50-49(78-33-79-50)25-41(42)54(43-29-75-30-44(43)56)36-23-51(72-2)57(74-4)52(24-36)73-3/h9-14,21-27,38,43-44,54,56H,5-8,15-20,28-33H2,1-4H3/t43-,44-,54+,56-,62-/m0/s1. The molecule has 7 aliphatic rings. The average molecular weight is 1120 g/mol. The van der Waals surface area contributed by atoms with Crippen LogP contribution in [0, 0.1) is 11.8 Å². The monoisotopic (exact) mass is 1120 g/mol. The molecule has 0 saturated carbocycles. The maximum absolute atomic E-state index is 14.3. The summed E-state index contributed by atoms with van der Waals surface area (Å²) < 4.78 is 66.2. The van der Waals surface area contributed by atoms with Crippen molar-refractivity contribution in [3.63, 3.8) is 0 Å². The Morgan fingerprint density at radius 3 is 2.21 bits per heavy atom. The van der Waals surface area contributed by atoms with Crippen LogP contribution < -0.4 is 38.7 Å². The van der Waals surface area contributed by atoms with Crippen molar-refractivity contribution in [3.05, 3.63) is 128 Å². The molecule has 0 radical (unpaired) electrons. The van der Waals surface area contributed by atoms with Crippen LogP contribution in [0.5, 0.6) is 40.2 Å². The first kappa shape index (κ1) is 53.0. The van der Waals surface area contributed by atoms with Gasteiger partial charge in [0.2, 0.25) is 18.1 Å². The molecule has 2 aromatic heterocycles. The number of esters is 3. The van der Waals surface area contributed by atoms with Crippen molar-refractivity contribution < 1.29 is 71.3 Å². The number of benzene rings is 4. The van der Waals surface area contributed by atoms with E-state index < -0.39 is 41.8 Å². The van der Waals surface area contributed by atoms with Crippen molar-refractivity contribution in [2.45, 2.75) is 82.3 Å². The molecule has 0 unspecified atom stereocenters. The lowest BCUT2D eigenvalue weighted by Gasteiger charge is -2.40. The van der Waals surface area contributed by atoms with Gasteiger partial charge in [-0.05, 0) is 135 Å². The fourth-order valence-corrected chi connectivity index (χ4v) is 13.3. The van der Waals surface area contributed by atoms with Gasteiger partial charge in [0.25, 0.3) is 5.56 Å². The summed E-state index contributed by atoms with van der Waals surface area (Å²) in [6, 6.07) is 23.2. The Kier molecular flexibility index (Phi) is 13.9. The molecule has 6 aromatic rings. The topological polar surface area (TPSA) is 211 Å². The van der Waals surface area contributed by atoms with E-state index in [2.05, 4.69) is 4.90 Å². The smallest absolute Gasteiger partial charge is 0.415 e. The van der Waals surface area contributed by atoms with Crippen LogP contribution >= 0.6 is 0 Å². The number of hydrogen-bond acceptors (Lipinski definition) is 18. The third kappa shape index (κ3) is 9.25. The molecule has 8 heterocycles. The molecule has 13 rings (SSSR count). The van der Waals surface area contributed by atoms with Gasteiger partial charge in [-0.1, -0.05) is 13.3 Å². The number of aromatic nitrogens is 2. The summed E-state index contributed by atoms with van der Waals surface area (Å²) in [5.74, 6) is 0.332. The van der Waals surface area contributed by atoms with Gasteiger partial charge in [0, 0.05) is 59.0 Å². The summed E-state index contributed by atoms with van der Waals surface area (Å²) in [6.45, 7) is 5.29. The second-order valence-electron chi connectivity index (χ2n) is 21.9. The highest BCUT2D eigenvalue weighted by Crippen LogP contribution is 2.56. The summed E-state index contributed by atoms with van der Waals surface area (Å²) in [6.07, 6.45) is 4.47. The molecule has 5 atom stereocenters. The number of rotatable bonds is 13.